The smallest absolute Gasteiger partial charge is 0.262 e. The number of hydrogen-bond donors (Lipinski definition) is 3. The van der Waals surface area contributed by atoms with Gasteiger partial charge in [0.2, 0.25) is 11.8 Å². The second-order valence-corrected chi connectivity index (χ2v) is 15.2. The molecular formula is C32H46N5O6PS. The van der Waals surface area contributed by atoms with Crippen LogP contribution in [0.1, 0.15) is 63.1 Å². The van der Waals surface area contributed by atoms with E-state index in [0.717, 1.165) is 46.2 Å². The van der Waals surface area contributed by atoms with Crippen molar-refractivity contribution in [1.82, 2.24) is 20.1 Å². The van der Waals surface area contributed by atoms with Crippen LogP contribution in [0.25, 0.3) is 10.1 Å². The van der Waals surface area contributed by atoms with Gasteiger partial charge in [0.05, 0.1) is 4.88 Å². The maximum Gasteiger partial charge on any atom is 0.262 e. The first-order valence-electron chi connectivity index (χ1n) is 15.4. The van der Waals surface area contributed by atoms with E-state index in [2.05, 4.69) is 15.2 Å². The maximum atomic E-state index is 14.2. The number of fused-ring (bicyclic) bond motifs is 3. The molecule has 3 saturated heterocycles. The second kappa shape index (κ2) is 12.6. The lowest BCUT2D eigenvalue weighted by atomic mass is 9.90. The van der Waals surface area contributed by atoms with E-state index in [1.807, 2.05) is 54.4 Å². The first-order chi connectivity index (χ1) is 21.2. The zero-order valence-electron chi connectivity index (χ0n) is 25.4. The van der Waals surface area contributed by atoms with Crippen molar-refractivity contribution in [3.63, 3.8) is 0 Å². The number of hydrogen-bond acceptors (Lipinski definition) is 8. The number of nitrogens with zero attached hydrogens (tertiary/aromatic N) is 4. The van der Waals surface area contributed by atoms with Gasteiger partial charge >= 0.3 is 0 Å². The van der Waals surface area contributed by atoms with Gasteiger partial charge in [0.15, 0.2) is 8.38 Å². The Balaban J connectivity index is 0.00000156. The highest BCUT2D eigenvalue weighted by molar-refractivity contribution is 7.44. The van der Waals surface area contributed by atoms with E-state index in [4.69, 9.17) is 0 Å². The molecular weight excluding hydrogens is 613 g/mol. The molecule has 1 saturated carbocycles. The first kappa shape index (κ1) is 31.8. The lowest BCUT2D eigenvalue weighted by molar-refractivity contribution is -0.149. The number of anilines is 1. The van der Waals surface area contributed by atoms with Crippen molar-refractivity contribution in [2.75, 3.05) is 32.1 Å². The van der Waals surface area contributed by atoms with Gasteiger partial charge in [-0.3, -0.25) is 19.4 Å². The Morgan fingerprint density at radius 3 is 2.64 bits per heavy atom. The monoisotopic (exact) mass is 659 g/mol. The highest BCUT2D eigenvalue weighted by Gasteiger charge is 2.52. The summed E-state index contributed by atoms with van der Waals surface area (Å²) in [7, 11) is 1.98. The van der Waals surface area contributed by atoms with Gasteiger partial charge in [0.1, 0.15) is 12.1 Å². The summed E-state index contributed by atoms with van der Waals surface area (Å²) in [6, 6.07) is 8.30. The van der Waals surface area contributed by atoms with Crippen molar-refractivity contribution in [3.05, 3.63) is 58.7 Å². The molecule has 1 aromatic carbocycles. The highest BCUT2D eigenvalue weighted by atomic mass is 32.1. The molecule has 13 heteroatoms. The Morgan fingerprint density at radius 1 is 1.11 bits per heavy atom. The summed E-state index contributed by atoms with van der Waals surface area (Å²) in [5, 5.41) is 3.92. The number of pyridine rings is 1. The molecule has 7 rings (SSSR count). The number of thiophene rings is 1. The van der Waals surface area contributed by atoms with Crippen LogP contribution in [0, 0.1) is 11.8 Å². The summed E-state index contributed by atoms with van der Waals surface area (Å²) in [5.41, 5.74) is 3.05. The topological polar surface area (TPSA) is 158 Å². The molecule has 2 aromatic heterocycles. The molecule has 246 valence electrons. The lowest BCUT2D eigenvalue weighted by Gasteiger charge is -2.44. The summed E-state index contributed by atoms with van der Waals surface area (Å²) in [4.78, 5) is 70.9. The molecule has 45 heavy (non-hydrogen) atoms. The second-order valence-electron chi connectivity index (χ2n) is 13.0. The van der Waals surface area contributed by atoms with Gasteiger partial charge in [-0.15, -0.1) is 11.3 Å². The van der Waals surface area contributed by atoms with Crippen LogP contribution >= 0.6 is 19.7 Å². The van der Waals surface area contributed by atoms with Crippen LogP contribution in [-0.2, 0) is 15.8 Å². The Labute approximate surface area is 271 Å². The molecule has 5 N–H and O–H groups in total. The zero-order chi connectivity index (χ0) is 30.7. The van der Waals surface area contributed by atoms with Crippen LogP contribution in [0.3, 0.4) is 0 Å². The van der Waals surface area contributed by atoms with Crippen LogP contribution < -0.4 is 10.2 Å². The molecule has 1 aliphatic carbocycles. The van der Waals surface area contributed by atoms with Gasteiger partial charge < -0.3 is 35.3 Å². The minimum absolute atomic E-state index is 0. The molecule has 3 amide bonds. The van der Waals surface area contributed by atoms with Gasteiger partial charge in [0.25, 0.3) is 5.91 Å². The van der Waals surface area contributed by atoms with Gasteiger partial charge in [-0.1, -0.05) is 6.07 Å². The SMILES string of the molecule is CN(C)c1ccncc1C1CN(C(=O)[C@@H]2CC[C@@H]3C[C@@H]4CC4C[C@H](NC(=O)c4cc5cc(CP(O)O)ccc5s4)C(=O)N32)C1.O.[HH].[HH].[HH]. The first-order valence-corrected chi connectivity index (χ1v) is 17.6. The molecule has 0 bridgehead atoms. The maximum absolute atomic E-state index is 14.2. The summed E-state index contributed by atoms with van der Waals surface area (Å²) >= 11 is 1.36. The van der Waals surface area contributed by atoms with Gasteiger partial charge in [-0.2, -0.15) is 0 Å². The molecule has 5 atom stereocenters. The van der Waals surface area contributed by atoms with Crippen LogP contribution in [0.4, 0.5) is 5.69 Å². The van der Waals surface area contributed by atoms with Gasteiger partial charge in [-0.25, -0.2) is 0 Å². The number of nitrogens with one attached hydrogen (secondary N) is 1. The fraction of sp³-hybridized carbons (Fsp3) is 0.500. The van der Waals surface area contributed by atoms with Gasteiger partial charge in [-0.05, 0) is 79.2 Å². The largest absolute Gasteiger partial charge is 0.412 e. The molecule has 4 aliphatic rings. The van der Waals surface area contributed by atoms with E-state index in [1.165, 1.54) is 11.3 Å². The Kier molecular flexibility index (Phi) is 8.88. The molecule has 0 spiro atoms. The predicted molar refractivity (Wildman–Crippen MR) is 180 cm³/mol. The summed E-state index contributed by atoms with van der Waals surface area (Å²) in [5.74, 6) is 0.786. The number of benzene rings is 1. The predicted octanol–water partition coefficient (Wildman–Crippen LogP) is 3.59. The number of aromatic nitrogens is 1. The standard InChI is InChI=1S/C32H38N5O5PS.H2O.3H2/c1-35(2)26-7-8-33-14-24(26)22-15-36(16-22)32(40)27-5-4-23-11-19-10-20(19)12-25(31(39)37(23)27)34-30(38)29-13-21-9-18(17-43(41)42)3-6-28(21)44-29;;;;/h3,6-9,13-14,19-20,22-23,25,27,41-42H,4-5,10-12,15-17H2,1-2H3,(H,34,38);1H2;3*1H/t19-,20?,23+,25-,27-;;;;/m0..../s1. The third kappa shape index (κ3) is 6.18. The lowest BCUT2D eigenvalue weighted by Crippen LogP contribution is -2.59. The Morgan fingerprint density at radius 2 is 1.89 bits per heavy atom. The summed E-state index contributed by atoms with van der Waals surface area (Å²) in [6.07, 6.45) is 7.95. The van der Waals surface area contributed by atoms with E-state index >= 15 is 0 Å². The number of rotatable bonds is 7. The van der Waals surface area contributed by atoms with E-state index in [0.29, 0.717) is 42.6 Å². The summed E-state index contributed by atoms with van der Waals surface area (Å²) in [6.45, 7) is 1.23. The Hall–Kier alpha value is -3.15. The van der Waals surface area contributed by atoms with Crippen molar-refractivity contribution < 1.29 is 33.9 Å². The van der Waals surface area contributed by atoms with Crippen LogP contribution in [-0.4, -0.2) is 93.1 Å². The average molecular weight is 660 g/mol. The number of amides is 3. The molecule has 5 heterocycles. The molecule has 0 radical (unpaired) electrons. The minimum Gasteiger partial charge on any atom is -0.412 e. The van der Waals surface area contributed by atoms with Crippen LogP contribution in [0.5, 0.6) is 0 Å². The molecule has 4 fully saturated rings. The van der Waals surface area contributed by atoms with Gasteiger partial charge in [0, 0.05) is 77.9 Å². The van der Waals surface area contributed by atoms with Crippen molar-refractivity contribution in [2.24, 2.45) is 11.8 Å². The average Bonchev–Trinajstić information content (AvgIpc) is 3.33. The van der Waals surface area contributed by atoms with E-state index < -0.39 is 20.5 Å². The highest BCUT2D eigenvalue weighted by Crippen LogP contribution is 2.49. The van der Waals surface area contributed by atoms with Crippen molar-refractivity contribution in [1.29, 1.82) is 0 Å². The molecule has 3 aliphatic heterocycles. The van der Waals surface area contributed by atoms with Crippen molar-refractivity contribution in [3.8, 4) is 0 Å². The zero-order valence-corrected chi connectivity index (χ0v) is 27.1. The fourth-order valence-electron chi connectivity index (χ4n) is 7.51. The molecule has 1 unspecified atom stereocenters. The number of carbonyl (C=O) groups excluding carboxylic acids is 3. The third-order valence-corrected chi connectivity index (χ3v) is 11.7. The number of likely N-dealkylation sites (tertiary alicyclic amines) is 1. The molecule has 11 nitrogen and oxygen atoms in total. The normalized spacial score (nSPS) is 26.0. The van der Waals surface area contributed by atoms with Crippen molar-refractivity contribution in [2.45, 2.75) is 62.3 Å². The quantitative estimate of drug-likeness (QED) is 0.327. The molecule has 3 aromatic rings. The van der Waals surface area contributed by atoms with Crippen LogP contribution in [0.2, 0.25) is 0 Å². The van der Waals surface area contributed by atoms with Crippen molar-refractivity contribution >= 4 is 53.2 Å². The number of carbonyl (C=O) groups is 3. The van der Waals surface area contributed by atoms with E-state index in [9.17, 15) is 24.2 Å². The van der Waals surface area contributed by atoms with E-state index in [-0.39, 0.29) is 45.6 Å². The fourth-order valence-corrected chi connectivity index (χ4v) is 8.98. The van der Waals surface area contributed by atoms with E-state index in [1.54, 1.807) is 12.3 Å². The summed E-state index contributed by atoms with van der Waals surface area (Å²) < 4.78 is 0.924. The third-order valence-electron chi connectivity index (χ3n) is 9.90. The Bertz CT molecular complexity index is 1630. The minimum atomic E-state index is -2.04. The van der Waals surface area contributed by atoms with Crippen LogP contribution in [0.15, 0.2) is 42.7 Å².